The molecule has 24 heavy (non-hydrogen) atoms. The van der Waals surface area contributed by atoms with Crippen molar-refractivity contribution in [2.45, 2.75) is 12.6 Å². The molecule has 0 spiro atoms. The fourth-order valence-corrected chi connectivity index (χ4v) is 3.10. The molecule has 0 aliphatic carbocycles. The van der Waals surface area contributed by atoms with Crippen LogP contribution in [0.3, 0.4) is 0 Å². The maximum Gasteiger partial charge on any atom is 0.254 e. The van der Waals surface area contributed by atoms with Crippen LogP contribution in [0.25, 0.3) is 0 Å². The fraction of sp³-hybridized carbons (Fsp3) is 0.333. The van der Waals surface area contributed by atoms with Gasteiger partial charge < -0.3 is 15.1 Å². The van der Waals surface area contributed by atoms with E-state index in [2.05, 4.69) is 27.7 Å². The lowest BCUT2D eigenvalue weighted by atomic mass is 10.0. The predicted molar refractivity (Wildman–Crippen MR) is 89.2 cm³/mol. The molecule has 2 amide bonds. The minimum absolute atomic E-state index is 0.0527. The van der Waals surface area contributed by atoms with Gasteiger partial charge >= 0.3 is 0 Å². The Kier molecular flexibility index (Phi) is 4.96. The molecule has 2 aromatic rings. The van der Waals surface area contributed by atoms with Gasteiger partial charge in [-0.3, -0.25) is 14.5 Å². The van der Waals surface area contributed by atoms with E-state index in [0.717, 1.165) is 6.54 Å². The molecule has 6 nitrogen and oxygen atoms in total. The first-order chi connectivity index (χ1) is 11.7. The number of hydrogen-bond donors (Lipinski definition) is 2. The topological polar surface area (TPSA) is 74.6 Å². The lowest BCUT2D eigenvalue weighted by molar-refractivity contribution is -0.124. The van der Waals surface area contributed by atoms with E-state index >= 15 is 0 Å². The summed E-state index contributed by atoms with van der Waals surface area (Å²) in [6, 6.07) is 11.5. The molecule has 0 radical (unpaired) electrons. The van der Waals surface area contributed by atoms with Gasteiger partial charge in [0.25, 0.3) is 5.91 Å². The minimum Gasteiger partial charge on any atom is -0.472 e. The smallest absolute Gasteiger partial charge is 0.254 e. The minimum atomic E-state index is -0.269. The zero-order valence-electron chi connectivity index (χ0n) is 13.6. The Labute approximate surface area is 140 Å². The second-order valence-corrected chi connectivity index (χ2v) is 5.99. The van der Waals surface area contributed by atoms with Gasteiger partial charge in [0.2, 0.25) is 5.91 Å². The largest absolute Gasteiger partial charge is 0.472 e. The number of rotatable bonds is 5. The molecular formula is C18H21N3O3. The van der Waals surface area contributed by atoms with Crippen LogP contribution in [-0.4, -0.2) is 42.9 Å². The average Bonchev–Trinajstić information content (AvgIpc) is 3.25. The molecule has 2 heterocycles. The first-order valence-electron chi connectivity index (χ1n) is 7.98. The van der Waals surface area contributed by atoms with Crippen molar-refractivity contribution >= 4 is 11.8 Å². The number of nitrogens with one attached hydrogen (secondary N) is 2. The van der Waals surface area contributed by atoms with E-state index in [1.165, 1.54) is 18.1 Å². The third kappa shape index (κ3) is 3.65. The molecule has 126 valence electrons. The van der Waals surface area contributed by atoms with Gasteiger partial charge in [-0.25, -0.2) is 0 Å². The molecule has 1 aliphatic rings. The summed E-state index contributed by atoms with van der Waals surface area (Å²) in [5.74, 6) is -0.540. The second kappa shape index (κ2) is 7.31. The summed E-state index contributed by atoms with van der Waals surface area (Å²) in [7, 11) is 1.62. The number of likely N-dealkylation sites (tertiary alicyclic amines) is 1. The number of benzene rings is 1. The first kappa shape index (κ1) is 16.3. The fourth-order valence-electron chi connectivity index (χ4n) is 3.10. The van der Waals surface area contributed by atoms with Gasteiger partial charge in [0.1, 0.15) is 6.26 Å². The molecule has 1 fully saturated rings. The van der Waals surface area contributed by atoms with E-state index in [-0.39, 0.29) is 23.8 Å². The van der Waals surface area contributed by atoms with E-state index in [1.54, 1.807) is 13.1 Å². The Hall–Kier alpha value is -2.60. The Morgan fingerprint density at radius 3 is 2.67 bits per heavy atom. The summed E-state index contributed by atoms with van der Waals surface area (Å²) < 4.78 is 4.95. The lowest BCUT2D eigenvalue weighted by Gasteiger charge is -2.18. The first-order valence-corrected chi connectivity index (χ1v) is 7.98. The van der Waals surface area contributed by atoms with Gasteiger partial charge in [0.05, 0.1) is 23.8 Å². The van der Waals surface area contributed by atoms with E-state index in [1.807, 2.05) is 18.2 Å². The van der Waals surface area contributed by atoms with E-state index < -0.39 is 0 Å². The van der Waals surface area contributed by atoms with Gasteiger partial charge in [0, 0.05) is 26.7 Å². The highest BCUT2D eigenvalue weighted by molar-refractivity contribution is 5.94. The van der Waals surface area contributed by atoms with Crippen molar-refractivity contribution in [1.82, 2.24) is 15.5 Å². The number of amides is 2. The number of furan rings is 1. The Bertz CT molecular complexity index is 685. The molecule has 6 heteroatoms. The van der Waals surface area contributed by atoms with Crippen molar-refractivity contribution in [2.24, 2.45) is 5.92 Å². The monoisotopic (exact) mass is 327 g/mol. The molecule has 1 saturated heterocycles. The summed E-state index contributed by atoms with van der Waals surface area (Å²) in [4.78, 5) is 26.6. The highest BCUT2D eigenvalue weighted by Crippen LogP contribution is 2.20. The zero-order valence-corrected chi connectivity index (χ0v) is 13.6. The van der Waals surface area contributed by atoms with E-state index in [4.69, 9.17) is 4.42 Å². The Balaban J connectivity index is 1.68. The van der Waals surface area contributed by atoms with Crippen LogP contribution in [0.1, 0.15) is 15.9 Å². The SMILES string of the molecule is CNC(=O)[C@H]1CN(Cc2ccccc2)C[C@@H]1NC(=O)c1ccoc1. The molecule has 1 aliphatic heterocycles. The van der Waals surface area contributed by atoms with Crippen LogP contribution in [-0.2, 0) is 11.3 Å². The van der Waals surface area contributed by atoms with Crippen molar-refractivity contribution in [2.75, 3.05) is 20.1 Å². The standard InChI is InChI=1S/C18H21N3O3/c1-19-18(23)15-10-21(9-13-5-3-2-4-6-13)11-16(15)20-17(22)14-7-8-24-12-14/h2-8,12,15-16H,9-11H2,1H3,(H,19,23)(H,20,22)/t15-,16-/m0/s1. The summed E-state index contributed by atoms with van der Waals surface area (Å²) in [6.07, 6.45) is 2.86. The van der Waals surface area contributed by atoms with Crippen molar-refractivity contribution < 1.29 is 14.0 Å². The van der Waals surface area contributed by atoms with Gasteiger partial charge in [-0.1, -0.05) is 30.3 Å². The van der Waals surface area contributed by atoms with Gasteiger partial charge in [0.15, 0.2) is 0 Å². The van der Waals surface area contributed by atoms with E-state index in [0.29, 0.717) is 18.7 Å². The molecule has 0 bridgehead atoms. The van der Waals surface area contributed by atoms with Crippen LogP contribution in [0.15, 0.2) is 53.3 Å². The summed E-state index contributed by atoms with van der Waals surface area (Å²) in [5.41, 5.74) is 1.65. The maximum atomic E-state index is 12.3. The van der Waals surface area contributed by atoms with Gasteiger partial charge in [-0.2, -0.15) is 0 Å². The third-order valence-corrected chi connectivity index (χ3v) is 4.33. The van der Waals surface area contributed by atoms with Crippen LogP contribution < -0.4 is 10.6 Å². The van der Waals surface area contributed by atoms with Crippen molar-refractivity contribution in [3.8, 4) is 0 Å². The van der Waals surface area contributed by atoms with Crippen molar-refractivity contribution in [3.63, 3.8) is 0 Å². The highest BCUT2D eigenvalue weighted by atomic mass is 16.3. The molecular weight excluding hydrogens is 306 g/mol. The summed E-state index contributed by atoms with van der Waals surface area (Å²) in [6.45, 7) is 2.01. The molecule has 2 atom stereocenters. The second-order valence-electron chi connectivity index (χ2n) is 5.99. The van der Waals surface area contributed by atoms with E-state index in [9.17, 15) is 9.59 Å². The normalized spacial score (nSPS) is 20.7. The molecule has 1 aromatic heterocycles. The van der Waals surface area contributed by atoms with Crippen molar-refractivity contribution in [3.05, 3.63) is 60.1 Å². The van der Waals surface area contributed by atoms with Crippen LogP contribution in [0.2, 0.25) is 0 Å². The summed E-state index contributed by atoms with van der Waals surface area (Å²) >= 11 is 0. The lowest BCUT2D eigenvalue weighted by Crippen LogP contribution is -2.45. The van der Waals surface area contributed by atoms with Gasteiger partial charge in [-0.05, 0) is 11.6 Å². The highest BCUT2D eigenvalue weighted by Gasteiger charge is 2.38. The van der Waals surface area contributed by atoms with Crippen LogP contribution >= 0.6 is 0 Å². The molecule has 1 aromatic carbocycles. The average molecular weight is 327 g/mol. The maximum absolute atomic E-state index is 12.3. The number of nitrogens with zero attached hydrogens (tertiary/aromatic N) is 1. The third-order valence-electron chi connectivity index (χ3n) is 4.33. The molecule has 0 unspecified atom stereocenters. The summed E-state index contributed by atoms with van der Waals surface area (Å²) in [5, 5.41) is 5.65. The Morgan fingerprint density at radius 1 is 1.21 bits per heavy atom. The number of carbonyl (C=O) groups excluding carboxylic acids is 2. The Morgan fingerprint density at radius 2 is 2.00 bits per heavy atom. The van der Waals surface area contributed by atoms with Gasteiger partial charge in [-0.15, -0.1) is 0 Å². The van der Waals surface area contributed by atoms with Crippen LogP contribution in [0.4, 0.5) is 0 Å². The molecule has 0 saturated carbocycles. The molecule has 3 rings (SSSR count). The number of hydrogen-bond acceptors (Lipinski definition) is 4. The number of carbonyl (C=O) groups is 2. The molecule has 2 N–H and O–H groups in total. The quantitative estimate of drug-likeness (QED) is 0.867. The zero-order chi connectivity index (χ0) is 16.9. The predicted octanol–water partition coefficient (Wildman–Crippen LogP) is 1.26. The van der Waals surface area contributed by atoms with Crippen molar-refractivity contribution in [1.29, 1.82) is 0 Å². The van der Waals surface area contributed by atoms with Crippen LogP contribution in [0.5, 0.6) is 0 Å². The van der Waals surface area contributed by atoms with Crippen LogP contribution in [0, 0.1) is 5.92 Å².